The number of carbonyl (C=O) groups excluding carboxylic acids is 2. The third kappa shape index (κ3) is 4.66. The van der Waals surface area contributed by atoms with Crippen LogP contribution in [0.2, 0.25) is 0 Å². The second-order valence-electron chi connectivity index (χ2n) is 8.21. The minimum absolute atomic E-state index is 0.00529. The minimum atomic E-state index is -0.616. The van der Waals surface area contributed by atoms with Crippen molar-refractivity contribution >= 4 is 11.8 Å². The van der Waals surface area contributed by atoms with E-state index in [1.54, 1.807) is 19.4 Å². The smallest absolute Gasteiger partial charge is 0.228 e. The van der Waals surface area contributed by atoms with Crippen LogP contribution >= 0.6 is 0 Å². The molecule has 5 heteroatoms. The number of pyridine rings is 1. The molecule has 2 heterocycles. The number of hydrogen-bond acceptors (Lipinski definition) is 3. The number of amides is 2. The summed E-state index contributed by atoms with van der Waals surface area (Å²) in [6, 6.07) is 22.3. The van der Waals surface area contributed by atoms with E-state index in [0.717, 1.165) is 22.3 Å². The second-order valence-corrected chi connectivity index (χ2v) is 8.21. The van der Waals surface area contributed by atoms with Crippen molar-refractivity contribution in [3.63, 3.8) is 0 Å². The Kier molecular flexibility index (Phi) is 6.12. The molecule has 1 atom stereocenters. The quantitative estimate of drug-likeness (QED) is 0.673. The highest BCUT2D eigenvalue weighted by Gasteiger charge is 2.45. The maximum Gasteiger partial charge on any atom is 0.228 e. The first kappa shape index (κ1) is 20.8. The van der Waals surface area contributed by atoms with Gasteiger partial charge in [0, 0.05) is 32.5 Å². The summed E-state index contributed by atoms with van der Waals surface area (Å²) in [4.78, 5) is 31.7. The van der Waals surface area contributed by atoms with Crippen molar-refractivity contribution in [3.8, 4) is 11.1 Å². The number of likely N-dealkylation sites (tertiary alicyclic amines) is 1. The van der Waals surface area contributed by atoms with Gasteiger partial charge in [0.25, 0.3) is 0 Å². The molecular formula is C26H27N3O2. The summed E-state index contributed by atoms with van der Waals surface area (Å²) in [5, 5.41) is 2.84. The first-order chi connectivity index (χ1) is 15.1. The van der Waals surface area contributed by atoms with E-state index < -0.39 is 5.41 Å². The molecule has 3 aromatic rings. The second kappa shape index (κ2) is 9.13. The van der Waals surface area contributed by atoms with Gasteiger partial charge in [0.1, 0.15) is 0 Å². The van der Waals surface area contributed by atoms with Crippen LogP contribution in [0.4, 0.5) is 0 Å². The predicted molar refractivity (Wildman–Crippen MR) is 121 cm³/mol. The van der Waals surface area contributed by atoms with Crippen LogP contribution in [-0.4, -0.2) is 41.8 Å². The Labute approximate surface area is 183 Å². The maximum absolute atomic E-state index is 13.0. The molecule has 5 nitrogen and oxygen atoms in total. The molecule has 0 spiro atoms. The lowest BCUT2D eigenvalue weighted by Crippen LogP contribution is -2.44. The summed E-state index contributed by atoms with van der Waals surface area (Å²) in [7, 11) is 1.67. The van der Waals surface area contributed by atoms with Crippen molar-refractivity contribution < 1.29 is 9.59 Å². The Balaban J connectivity index is 1.53. The molecule has 0 bridgehead atoms. The summed E-state index contributed by atoms with van der Waals surface area (Å²) >= 11 is 0. The first-order valence-electron chi connectivity index (χ1n) is 10.6. The van der Waals surface area contributed by atoms with Gasteiger partial charge in [-0.25, -0.2) is 0 Å². The minimum Gasteiger partial charge on any atom is -0.359 e. The van der Waals surface area contributed by atoms with E-state index in [4.69, 9.17) is 0 Å². The number of benzene rings is 2. The number of nitrogens with one attached hydrogen (secondary N) is 1. The van der Waals surface area contributed by atoms with E-state index in [-0.39, 0.29) is 11.8 Å². The zero-order valence-corrected chi connectivity index (χ0v) is 17.8. The summed E-state index contributed by atoms with van der Waals surface area (Å²) in [6.07, 6.45) is 4.98. The molecule has 0 saturated carbocycles. The third-order valence-electron chi connectivity index (χ3n) is 6.07. The Bertz CT molecular complexity index is 1050. The van der Waals surface area contributed by atoms with Gasteiger partial charge >= 0.3 is 0 Å². The Hall–Kier alpha value is -3.47. The summed E-state index contributed by atoms with van der Waals surface area (Å²) in [6.45, 7) is 1.02. The maximum atomic E-state index is 13.0. The largest absolute Gasteiger partial charge is 0.359 e. The fraction of sp³-hybridized carbons (Fsp3) is 0.269. The lowest BCUT2D eigenvalue weighted by molar-refractivity contribution is -0.132. The highest BCUT2D eigenvalue weighted by Crippen LogP contribution is 2.36. The standard InChI is InChI=1S/C26H27N3O2/c1-27-25(31)26(12-14-29(19-26)24(30)16-21-8-6-13-28-18-21)17-20-7-5-11-23(15-20)22-9-3-2-4-10-22/h2-11,13,15,18H,12,14,16-17,19H2,1H3,(H,27,31)/t26-/m1/s1. The molecule has 1 aliphatic heterocycles. The van der Waals surface area contributed by atoms with Gasteiger partial charge in [-0.3, -0.25) is 14.6 Å². The van der Waals surface area contributed by atoms with Crippen LogP contribution < -0.4 is 5.32 Å². The van der Waals surface area contributed by atoms with Crippen LogP contribution in [0, 0.1) is 5.41 Å². The molecule has 1 aromatic heterocycles. The van der Waals surface area contributed by atoms with E-state index in [0.29, 0.717) is 32.4 Å². The van der Waals surface area contributed by atoms with E-state index in [2.05, 4.69) is 40.6 Å². The van der Waals surface area contributed by atoms with Gasteiger partial charge < -0.3 is 10.2 Å². The molecule has 2 aromatic carbocycles. The lowest BCUT2D eigenvalue weighted by Gasteiger charge is -2.28. The van der Waals surface area contributed by atoms with Crippen LogP contribution in [-0.2, 0) is 22.4 Å². The molecule has 0 aliphatic carbocycles. The van der Waals surface area contributed by atoms with Gasteiger partial charge in [-0.05, 0) is 41.2 Å². The van der Waals surface area contributed by atoms with Crippen molar-refractivity contribution in [2.75, 3.05) is 20.1 Å². The molecule has 2 amide bonds. The van der Waals surface area contributed by atoms with Crippen LogP contribution in [0.1, 0.15) is 17.5 Å². The molecular weight excluding hydrogens is 386 g/mol. The molecule has 1 fully saturated rings. The first-order valence-corrected chi connectivity index (χ1v) is 10.6. The third-order valence-corrected chi connectivity index (χ3v) is 6.07. The van der Waals surface area contributed by atoms with Crippen LogP contribution in [0.25, 0.3) is 11.1 Å². The number of aromatic nitrogens is 1. The van der Waals surface area contributed by atoms with Crippen molar-refractivity contribution in [1.82, 2.24) is 15.2 Å². The van der Waals surface area contributed by atoms with E-state index in [1.165, 1.54) is 0 Å². The summed E-state index contributed by atoms with van der Waals surface area (Å²) < 4.78 is 0. The summed E-state index contributed by atoms with van der Waals surface area (Å²) in [5.41, 5.74) is 3.66. The Morgan fingerprint density at radius 2 is 1.77 bits per heavy atom. The van der Waals surface area contributed by atoms with Crippen LogP contribution in [0.15, 0.2) is 79.1 Å². The zero-order valence-electron chi connectivity index (χ0n) is 17.8. The van der Waals surface area contributed by atoms with Gasteiger partial charge in [-0.1, -0.05) is 60.7 Å². The average molecular weight is 414 g/mol. The Morgan fingerprint density at radius 1 is 1.00 bits per heavy atom. The van der Waals surface area contributed by atoms with Gasteiger partial charge in [0.05, 0.1) is 11.8 Å². The topological polar surface area (TPSA) is 62.3 Å². The molecule has 31 heavy (non-hydrogen) atoms. The normalized spacial score (nSPS) is 18.0. The zero-order chi connectivity index (χ0) is 21.7. The number of nitrogens with zero attached hydrogens (tertiary/aromatic N) is 2. The predicted octanol–water partition coefficient (Wildman–Crippen LogP) is 3.50. The van der Waals surface area contributed by atoms with Crippen molar-refractivity contribution in [2.45, 2.75) is 19.3 Å². The molecule has 0 unspecified atom stereocenters. The molecule has 1 aliphatic rings. The van der Waals surface area contributed by atoms with E-state index in [1.807, 2.05) is 41.3 Å². The van der Waals surface area contributed by atoms with Crippen LogP contribution in [0.5, 0.6) is 0 Å². The van der Waals surface area contributed by atoms with Gasteiger partial charge in [-0.15, -0.1) is 0 Å². The fourth-order valence-corrected chi connectivity index (χ4v) is 4.43. The van der Waals surface area contributed by atoms with Crippen LogP contribution in [0.3, 0.4) is 0 Å². The number of rotatable bonds is 6. The lowest BCUT2D eigenvalue weighted by atomic mass is 9.79. The monoisotopic (exact) mass is 413 g/mol. The molecule has 4 rings (SSSR count). The summed E-state index contributed by atoms with van der Waals surface area (Å²) in [5.74, 6) is 0.0334. The van der Waals surface area contributed by atoms with Crippen molar-refractivity contribution in [2.24, 2.45) is 5.41 Å². The van der Waals surface area contributed by atoms with E-state index >= 15 is 0 Å². The van der Waals surface area contributed by atoms with Crippen molar-refractivity contribution in [1.29, 1.82) is 0 Å². The van der Waals surface area contributed by atoms with E-state index in [9.17, 15) is 9.59 Å². The number of hydrogen-bond donors (Lipinski definition) is 1. The van der Waals surface area contributed by atoms with Crippen molar-refractivity contribution in [3.05, 3.63) is 90.3 Å². The van der Waals surface area contributed by atoms with Gasteiger partial charge in [0.15, 0.2) is 0 Å². The van der Waals surface area contributed by atoms with Gasteiger partial charge in [0.2, 0.25) is 11.8 Å². The fourth-order valence-electron chi connectivity index (χ4n) is 4.43. The van der Waals surface area contributed by atoms with Gasteiger partial charge in [-0.2, -0.15) is 0 Å². The average Bonchev–Trinajstić information content (AvgIpc) is 3.25. The Morgan fingerprint density at radius 3 is 2.52 bits per heavy atom. The molecule has 158 valence electrons. The molecule has 1 N–H and O–H groups in total. The molecule has 1 saturated heterocycles. The highest BCUT2D eigenvalue weighted by molar-refractivity contribution is 5.86. The highest BCUT2D eigenvalue weighted by atomic mass is 16.2. The number of carbonyl (C=O) groups is 2. The SMILES string of the molecule is CNC(=O)[C@@]1(Cc2cccc(-c3ccccc3)c2)CCN(C(=O)Cc2cccnc2)C1. The molecule has 0 radical (unpaired) electrons.